The van der Waals surface area contributed by atoms with E-state index in [9.17, 15) is 4.79 Å². The number of thiol groups is 1. The molecule has 0 N–H and O–H groups in total. The van der Waals surface area contributed by atoms with Gasteiger partial charge in [0.05, 0.1) is 12.7 Å². The summed E-state index contributed by atoms with van der Waals surface area (Å²) >= 11 is 4.19. The Morgan fingerprint density at radius 3 is 2.36 bits per heavy atom. The second-order valence-electron chi connectivity index (χ2n) is 2.49. The van der Waals surface area contributed by atoms with Crippen LogP contribution in [0.3, 0.4) is 0 Å². The van der Waals surface area contributed by atoms with Crippen molar-refractivity contribution in [2.45, 2.75) is 25.7 Å². The third-order valence-corrected chi connectivity index (χ3v) is 2.12. The summed E-state index contributed by atoms with van der Waals surface area (Å²) in [6.45, 7) is 5.90. The second kappa shape index (κ2) is 6.49. The van der Waals surface area contributed by atoms with Gasteiger partial charge in [-0.15, -0.1) is 12.6 Å². The molecule has 0 aliphatic heterocycles. The summed E-state index contributed by atoms with van der Waals surface area (Å²) in [5.74, 6) is -0.313. The van der Waals surface area contributed by atoms with E-state index in [-0.39, 0.29) is 5.97 Å². The Kier molecular flexibility index (Phi) is 6.04. The smallest absolute Gasteiger partial charge is 0.337 e. The molecule has 2 nitrogen and oxygen atoms in total. The highest BCUT2D eigenvalue weighted by atomic mass is 32.1. The quantitative estimate of drug-likeness (QED) is 0.572. The molecule has 0 aromatic heterocycles. The first-order valence-electron chi connectivity index (χ1n) is 4.53. The van der Waals surface area contributed by atoms with E-state index in [4.69, 9.17) is 0 Å². The average molecular weight is 212 g/mol. The number of ether oxygens (including phenoxy) is 1. The largest absolute Gasteiger partial charge is 0.465 e. The van der Waals surface area contributed by atoms with Crippen LogP contribution in [-0.4, -0.2) is 13.1 Å². The second-order valence-corrected chi connectivity index (χ2v) is 2.97. The minimum atomic E-state index is -0.313. The van der Waals surface area contributed by atoms with Gasteiger partial charge in [0.15, 0.2) is 0 Å². The average Bonchev–Trinajstić information content (AvgIpc) is 2.24. The normalized spacial score (nSPS) is 8.64. The van der Waals surface area contributed by atoms with Crippen LogP contribution in [0.5, 0.6) is 0 Å². The Morgan fingerprint density at radius 2 is 1.93 bits per heavy atom. The summed E-state index contributed by atoms with van der Waals surface area (Å²) in [5.41, 5.74) is 1.54. The molecule has 1 aromatic rings. The summed E-state index contributed by atoms with van der Waals surface area (Å²) in [6, 6.07) is 5.24. The molecule has 0 aliphatic carbocycles. The summed E-state index contributed by atoms with van der Waals surface area (Å²) in [5, 5.41) is 0. The molecular weight excluding hydrogens is 196 g/mol. The van der Waals surface area contributed by atoms with E-state index in [2.05, 4.69) is 17.4 Å². The predicted molar refractivity (Wildman–Crippen MR) is 61.1 cm³/mol. The maximum absolute atomic E-state index is 11.0. The van der Waals surface area contributed by atoms with Crippen molar-refractivity contribution in [3.05, 3.63) is 29.3 Å². The van der Waals surface area contributed by atoms with Crippen LogP contribution in [0.2, 0.25) is 0 Å². The number of rotatable bonds is 1. The maximum Gasteiger partial charge on any atom is 0.337 e. The zero-order valence-electron chi connectivity index (χ0n) is 9.00. The molecular formula is C11H16O2S. The molecule has 78 valence electrons. The van der Waals surface area contributed by atoms with Gasteiger partial charge in [-0.2, -0.15) is 0 Å². The summed E-state index contributed by atoms with van der Waals surface area (Å²) in [7, 11) is 1.37. The SMILES string of the molecule is CC.COC(=O)c1ccc(S)c(C)c1. The minimum Gasteiger partial charge on any atom is -0.465 e. The van der Waals surface area contributed by atoms with Gasteiger partial charge in [-0.3, -0.25) is 0 Å². The third-order valence-electron chi connectivity index (χ3n) is 1.62. The first-order valence-corrected chi connectivity index (χ1v) is 4.98. The lowest BCUT2D eigenvalue weighted by Crippen LogP contribution is -2.01. The molecule has 0 aliphatic rings. The highest BCUT2D eigenvalue weighted by Crippen LogP contribution is 2.14. The van der Waals surface area contributed by atoms with E-state index in [0.29, 0.717) is 5.56 Å². The molecule has 0 unspecified atom stereocenters. The fourth-order valence-corrected chi connectivity index (χ4v) is 1.04. The van der Waals surface area contributed by atoms with Crippen LogP contribution in [0.25, 0.3) is 0 Å². The van der Waals surface area contributed by atoms with Crippen molar-refractivity contribution >= 4 is 18.6 Å². The fourth-order valence-electron chi connectivity index (χ4n) is 0.900. The summed E-state index contributed by atoms with van der Waals surface area (Å²) in [6.07, 6.45) is 0. The lowest BCUT2D eigenvalue weighted by atomic mass is 10.1. The van der Waals surface area contributed by atoms with Gasteiger partial charge in [0.2, 0.25) is 0 Å². The number of hydrogen-bond acceptors (Lipinski definition) is 3. The van der Waals surface area contributed by atoms with Crippen LogP contribution in [0.15, 0.2) is 23.1 Å². The molecule has 0 saturated carbocycles. The van der Waals surface area contributed by atoms with Crippen LogP contribution >= 0.6 is 12.6 Å². The lowest BCUT2D eigenvalue weighted by Gasteiger charge is -2.01. The van der Waals surface area contributed by atoms with Crippen LogP contribution < -0.4 is 0 Å². The molecule has 0 fully saturated rings. The van der Waals surface area contributed by atoms with Crippen molar-refractivity contribution in [1.29, 1.82) is 0 Å². The minimum absolute atomic E-state index is 0.313. The topological polar surface area (TPSA) is 26.3 Å². The van der Waals surface area contributed by atoms with Crippen molar-refractivity contribution in [2.75, 3.05) is 7.11 Å². The van der Waals surface area contributed by atoms with Gasteiger partial charge in [0.25, 0.3) is 0 Å². The molecule has 0 spiro atoms. The van der Waals surface area contributed by atoms with Gasteiger partial charge >= 0.3 is 5.97 Å². The number of methoxy groups -OCH3 is 1. The molecule has 0 atom stereocenters. The molecule has 0 bridgehead atoms. The van der Waals surface area contributed by atoms with Crippen molar-refractivity contribution in [3.8, 4) is 0 Å². The van der Waals surface area contributed by atoms with Gasteiger partial charge in [-0.25, -0.2) is 4.79 Å². The van der Waals surface area contributed by atoms with Crippen molar-refractivity contribution in [1.82, 2.24) is 0 Å². The zero-order valence-corrected chi connectivity index (χ0v) is 9.89. The summed E-state index contributed by atoms with van der Waals surface area (Å²) in [4.78, 5) is 11.9. The van der Waals surface area contributed by atoms with Crippen molar-refractivity contribution in [3.63, 3.8) is 0 Å². The number of hydrogen-bond donors (Lipinski definition) is 1. The lowest BCUT2D eigenvalue weighted by molar-refractivity contribution is 0.0600. The van der Waals surface area contributed by atoms with Gasteiger partial charge in [-0.05, 0) is 30.7 Å². The van der Waals surface area contributed by atoms with Crippen LogP contribution in [0.4, 0.5) is 0 Å². The molecule has 0 heterocycles. The van der Waals surface area contributed by atoms with Crippen molar-refractivity contribution < 1.29 is 9.53 Å². The van der Waals surface area contributed by atoms with E-state index in [1.54, 1.807) is 18.2 Å². The Hall–Kier alpha value is -0.960. The van der Waals surface area contributed by atoms with Gasteiger partial charge in [0.1, 0.15) is 0 Å². The van der Waals surface area contributed by atoms with Gasteiger partial charge in [0, 0.05) is 4.90 Å². The number of aryl methyl sites for hydroxylation is 1. The Morgan fingerprint density at radius 1 is 1.36 bits per heavy atom. The van der Waals surface area contributed by atoms with Crippen LogP contribution in [-0.2, 0) is 4.74 Å². The van der Waals surface area contributed by atoms with Gasteiger partial charge in [-0.1, -0.05) is 13.8 Å². The molecule has 3 heteroatoms. The number of benzene rings is 1. The molecule has 0 saturated heterocycles. The standard InChI is InChI=1S/C9H10O2S.C2H6/c1-6-5-7(9(10)11-2)3-4-8(6)12;1-2/h3-5,12H,1-2H3;1-2H3. The Labute approximate surface area is 90.7 Å². The molecule has 14 heavy (non-hydrogen) atoms. The maximum atomic E-state index is 11.0. The molecule has 1 aromatic carbocycles. The Bertz CT molecular complexity index is 308. The van der Waals surface area contributed by atoms with E-state index in [1.807, 2.05) is 20.8 Å². The highest BCUT2D eigenvalue weighted by molar-refractivity contribution is 7.80. The number of carbonyl (C=O) groups is 1. The predicted octanol–water partition coefficient (Wildman–Crippen LogP) is 3.10. The van der Waals surface area contributed by atoms with Crippen LogP contribution in [0.1, 0.15) is 29.8 Å². The van der Waals surface area contributed by atoms with E-state index >= 15 is 0 Å². The third kappa shape index (κ3) is 3.42. The molecule has 0 radical (unpaired) electrons. The van der Waals surface area contributed by atoms with E-state index in [1.165, 1.54) is 7.11 Å². The number of carbonyl (C=O) groups excluding carboxylic acids is 1. The van der Waals surface area contributed by atoms with E-state index in [0.717, 1.165) is 10.5 Å². The molecule has 1 rings (SSSR count). The monoisotopic (exact) mass is 212 g/mol. The first kappa shape index (κ1) is 13.0. The highest BCUT2D eigenvalue weighted by Gasteiger charge is 2.05. The summed E-state index contributed by atoms with van der Waals surface area (Å²) < 4.78 is 4.57. The van der Waals surface area contributed by atoms with Gasteiger partial charge < -0.3 is 4.74 Å². The Balaban J connectivity index is 0.000000791. The van der Waals surface area contributed by atoms with E-state index < -0.39 is 0 Å². The first-order chi connectivity index (χ1) is 6.65. The van der Waals surface area contributed by atoms with Crippen molar-refractivity contribution in [2.24, 2.45) is 0 Å². The molecule has 0 amide bonds. The fraction of sp³-hybridized carbons (Fsp3) is 0.364. The zero-order chi connectivity index (χ0) is 11.1. The number of esters is 1. The van der Waals surface area contributed by atoms with Crippen LogP contribution in [0, 0.1) is 6.92 Å².